The number of hydrogen-bond donors (Lipinski definition) is 2. The van der Waals surface area contributed by atoms with Gasteiger partial charge in [0.05, 0.1) is 12.7 Å². The highest BCUT2D eigenvalue weighted by molar-refractivity contribution is 5.38. The molecule has 1 rings (SSSR count). The molecule has 0 saturated heterocycles. The average molecular weight is 267 g/mol. The normalized spacial score (nSPS) is 12.4. The van der Waals surface area contributed by atoms with Crippen LogP contribution in [0.4, 0.5) is 5.82 Å². The molecule has 0 aliphatic carbocycles. The molecule has 0 saturated carbocycles. The number of nitrogens with one attached hydrogen (secondary N) is 1. The van der Waals surface area contributed by atoms with Gasteiger partial charge in [0.2, 0.25) is 0 Å². The van der Waals surface area contributed by atoms with E-state index in [9.17, 15) is 5.11 Å². The van der Waals surface area contributed by atoms with Gasteiger partial charge in [-0.3, -0.25) is 0 Å². The number of aromatic nitrogens is 1. The summed E-state index contributed by atoms with van der Waals surface area (Å²) in [6.07, 6.45) is 2.51. The Bertz CT molecular complexity index is 343. The Morgan fingerprint density at radius 3 is 2.84 bits per heavy atom. The minimum Gasteiger partial charge on any atom is -0.389 e. The maximum Gasteiger partial charge on any atom is 0.128 e. The van der Waals surface area contributed by atoms with Crippen molar-refractivity contribution in [2.24, 2.45) is 0 Å². The Morgan fingerprint density at radius 1 is 1.47 bits per heavy atom. The summed E-state index contributed by atoms with van der Waals surface area (Å²) in [5.41, 5.74) is 1.17. The van der Waals surface area contributed by atoms with Gasteiger partial charge in [0, 0.05) is 33.4 Å². The Kier molecular flexibility index (Phi) is 7.40. The number of anilines is 1. The first-order chi connectivity index (χ1) is 9.17. The molecular formula is C14H25N3O2. The van der Waals surface area contributed by atoms with Crippen LogP contribution in [0.5, 0.6) is 0 Å². The molecule has 1 aromatic rings. The molecule has 0 fully saturated rings. The first-order valence-corrected chi connectivity index (χ1v) is 6.71. The highest BCUT2D eigenvalue weighted by Crippen LogP contribution is 2.10. The second-order valence-corrected chi connectivity index (χ2v) is 4.69. The molecule has 2 N–H and O–H groups in total. The van der Waals surface area contributed by atoms with Crippen LogP contribution in [-0.2, 0) is 11.3 Å². The quantitative estimate of drug-likeness (QED) is 0.654. The van der Waals surface area contributed by atoms with Gasteiger partial charge in [-0.05, 0) is 24.6 Å². The van der Waals surface area contributed by atoms with E-state index in [0.717, 1.165) is 25.3 Å². The number of hydrogen-bond acceptors (Lipinski definition) is 5. The number of pyridine rings is 1. The summed E-state index contributed by atoms with van der Waals surface area (Å²) < 4.78 is 4.91. The molecule has 0 amide bonds. The average Bonchev–Trinajstić information content (AvgIpc) is 2.40. The van der Waals surface area contributed by atoms with Gasteiger partial charge in [-0.2, -0.15) is 0 Å². The third kappa shape index (κ3) is 6.00. The van der Waals surface area contributed by atoms with E-state index in [4.69, 9.17) is 4.74 Å². The van der Waals surface area contributed by atoms with E-state index in [0.29, 0.717) is 13.2 Å². The summed E-state index contributed by atoms with van der Waals surface area (Å²) in [4.78, 5) is 6.33. The Labute approximate surface area is 115 Å². The fourth-order valence-electron chi connectivity index (χ4n) is 1.81. The van der Waals surface area contributed by atoms with E-state index in [1.54, 1.807) is 7.11 Å². The molecule has 5 nitrogen and oxygen atoms in total. The molecule has 0 bridgehead atoms. The van der Waals surface area contributed by atoms with Crippen LogP contribution in [0, 0.1) is 0 Å². The van der Waals surface area contributed by atoms with E-state index in [2.05, 4.69) is 23.3 Å². The third-order valence-electron chi connectivity index (χ3n) is 2.80. The van der Waals surface area contributed by atoms with E-state index < -0.39 is 6.10 Å². The van der Waals surface area contributed by atoms with Crippen LogP contribution in [-0.4, -0.2) is 50.0 Å². The van der Waals surface area contributed by atoms with Gasteiger partial charge in [-0.1, -0.05) is 13.0 Å². The van der Waals surface area contributed by atoms with Crippen LogP contribution in [0.25, 0.3) is 0 Å². The van der Waals surface area contributed by atoms with Crippen LogP contribution in [0.3, 0.4) is 0 Å². The first kappa shape index (κ1) is 15.9. The molecule has 1 atom stereocenters. The highest BCUT2D eigenvalue weighted by atomic mass is 16.5. The third-order valence-corrected chi connectivity index (χ3v) is 2.80. The van der Waals surface area contributed by atoms with Crippen molar-refractivity contribution >= 4 is 5.82 Å². The number of aliphatic hydroxyl groups is 1. The van der Waals surface area contributed by atoms with Crippen LogP contribution in [0.2, 0.25) is 0 Å². The molecule has 1 heterocycles. The fourth-order valence-corrected chi connectivity index (χ4v) is 1.81. The van der Waals surface area contributed by atoms with Crippen molar-refractivity contribution in [3.63, 3.8) is 0 Å². The van der Waals surface area contributed by atoms with Crippen molar-refractivity contribution in [3.8, 4) is 0 Å². The molecule has 108 valence electrons. The molecule has 5 heteroatoms. The summed E-state index contributed by atoms with van der Waals surface area (Å²) >= 11 is 0. The maximum atomic E-state index is 9.67. The number of likely N-dealkylation sites (N-methyl/N-ethyl adjacent to an activating group) is 1. The topological polar surface area (TPSA) is 57.6 Å². The minimum atomic E-state index is -0.498. The molecule has 0 aromatic carbocycles. The minimum absolute atomic E-state index is 0.337. The van der Waals surface area contributed by atoms with E-state index in [1.165, 1.54) is 5.56 Å². The summed E-state index contributed by atoms with van der Waals surface area (Å²) in [5.74, 6) is 0.856. The maximum absolute atomic E-state index is 9.67. The van der Waals surface area contributed by atoms with Crippen LogP contribution in [0.15, 0.2) is 18.3 Å². The van der Waals surface area contributed by atoms with Crippen LogP contribution < -0.4 is 10.2 Å². The van der Waals surface area contributed by atoms with Crippen molar-refractivity contribution in [3.05, 3.63) is 23.9 Å². The van der Waals surface area contributed by atoms with Crippen molar-refractivity contribution < 1.29 is 9.84 Å². The lowest BCUT2D eigenvalue weighted by Crippen LogP contribution is -2.32. The van der Waals surface area contributed by atoms with Crippen molar-refractivity contribution in [2.45, 2.75) is 26.0 Å². The van der Waals surface area contributed by atoms with Gasteiger partial charge in [-0.15, -0.1) is 0 Å². The number of aliphatic hydroxyl groups excluding tert-OH is 1. The Morgan fingerprint density at radius 2 is 2.26 bits per heavy atom. The molecule has 1 aromatic heterocycles. The number of ether oxygens (including phenoxy) is 1. The highest BCUT2D eigenvalue weighted by Gasteiger charge is 2.09. The molecule has 0 radical (unpaired) electrons. The van der Waals surface area contributed by atoms with Crippen molar-refractivity contribution in [2.75, 3.05) is 38.8 Å². The molecule has 0 spiro atoms. The van der Waals surface area contributed by atoms with Gasteiger partial charge in [0.25, 0.3) is 0 Å². The Balaban J connectivity index is 2.45. The second-order valence-electron chi connectivity index (χ2n) is 4.69. The lowest BCUT2D eigenvalue weighted by molar-refractivity contribution is 0.0694. The number of rotatable bonds is 9. The largest absolute Gasteiger partial charge is 0.389 e. The molecule has 0 aliphatic heterocycles. The summed E-state index contributed by atoms with van der Waals surface area (Å²) in [5, 5.41) is 13.0. The zero-order valence-electron chi connectivity index (χ0n) is 12.1. The predicted octanol–water partition coefficient (Wildman–Crippen LogP) is 1.02. The first-order valence-electron chi connectivity index (χ1n) is 6.71. The number of nitrogens with zero attached hydrogens (tertiary/aromatic N) is 2. The lowest BCUT2D eigenvalue weighted by atomic mass is 10.2. The standard InChI is InChI=1S/C14H25N3O2/c1-4-7-15-8-12-5-6-14(16-9-12)17(2)10-13(18)11-19-3/h5-6,9,13,15,18H,4,7-8,10-11H2,1-3H3. The molecule has 0 aliphatic rings. The predicted molar refractivity (Wildman–Crippen MR) is 77.4 cm³/mol. The SMILES string of the molecule is CCCNCc1ccc(N(C)CC(O)COC)nc1. The van der Waals surface area contributed by atoms with Gasteiger partial charge in [0.15, 0.2) is 0 Å². The zero-order chi connectivity index (χ0) is 14.1. The fraction of sp³-hybridized carbons (Fsp3) is 0.643. The van der Waals surface area contributed by atoms with Crippen molar-refractivity contribution in [1.82, 2.24) is 10.3 Å². The van der Waals surface area contributed by atoms with E-state index in [-0.39, 0.29) is 0 Å². The van der Waals surface area contributed by atoms with E-state index >= 15 is 0 Å². The molecule has 1 unspecified atom stereocenters. The van der Waals surface area contributed by atoms with Gasteiger partial charge >= 0.3 is 0 Å². The monoisotopic (exact) mass is 267 g/mol. The molecular weight excluding hydrogens is 242 g/mol. The van der Waals surface area contributed by atoms with Crippen LogP contribution in [0.1, 0.15) is 18.9 Å². The number of methoxy groups -OCH3 is 1. The summed E-state index contributed by atoms with van der Waals surface area (Å²) in [6, 6.07) is 4.03. The van der Waals surface area contributed by atoms with Crippen LogP contribution >= 0.6 is 0 Å². The van der Waals surface area contributed by atoms with E-state index in [1.807, 2.05) is 24.2 Å². The Hall–Kier alpha value is -1.17. The summed E-state index contributed by atoms with van der Waals surface area (Å²) in [7, 11) is 3.50. The summed E-state index contributed by atoms with van der Waals surface area (Å²) in [6.45, 7) is 4.86. The van der Waals surface area contributed by atoms with Gasteiger partial charge in [0.1, 0.15) is 5.82 Å². The van der Waals surface area contributed by atoms with Crippen molar-refractivity contribution in [1.29, 1.82) is 0 Å². The van der Waals surface area contributed by atoms with Gasteiger partial charge in [-0.25, -0.2) is 4.98 Å². The second kappa shape index (κ2) is 8.85. The molecule has 19 heavy (non-hydrogen) atoms. The zero-order valence-corrected chi connectivity index (χ0v) is 12.1. The lowest BCUT2D eigenvalue weighted by Gasteiger charge is -2.21. The van der Waals surface area contributed by atoms with Gasteiger partial charge < -0.3 is 20.1 Å². The smallest absolute Gasteiger partial charge is 0.128 e.